The van der Waals surface area contributed by atoms with Gasteiger partial charge in [-0.1, -0.05) is 11.6 Å². The molecule has 1 aliphatic heterocycles. The summed E-state index contributed by atoms with van der Waals surface area (Å²) >= 11 is 11.3. The van der Waals surface area contributed by atoms with Gasteiger partial charge in [0.05, 0.1) is 12.7 Å². The van der Waals surface area contributed by atoms with E-state index in [2.05, 4.69) is 34.6 Å². The molecule has 0 aromatic heterocycles. The molecule has 1 heterocycles. The van der Waals surface area contributed by atoms with Crippen LogP contribution in [-0.2, 0) is 0 Å². The van der Waals surface area contributed by atoms with Gasteiger partial charge in [-0.25, -0.2) is 0 Å². The van der Waals surface area contributed by atoms with E-state index >= 15 is 0 Å². The number of hydrogen-bond acceptors (Lipinski definition) is 4. The highest BCUT2D eigenvalue weighted by atomic mass is 35.5. The zero-order valence-corrected chi connectivity index (χ0v) is 17.6. The Morgan fingerprint density at radius 3 is 2.64 bits per heavy atom. The highest BCUT2D eigenvalue weighted by Gasteiger charge is 2.18. The molecule has 0 unspecified atom stereocenters. The van der Waals surface area contributed by atoms with Gasteiger partial charge in [0.25, 0.3) is 5.91 Å². The van der Waals surface area contributed by atoms with Crippen molar-refractivity contribution < 1.29 is 9.53 Å². The summed E-state index contributed by atoms with van der Waals surface area (Å²) in [4.78, 5) is 14.9. The van der Waals surface area contributed by atoms with Crippen LogP contribution in [0, 0.1) is 0 Å². The highest BCUT2D eigenvalue weighted by Crippen LogP contribution is 2.26. The van der Waals surface area contributed by atoms with E-state index in [0.29, 0.717) is 22.4 Å². The molecule has 1 amide bonds. The molecule has 7 heteroatoms. The number of piperidine rings is 1. The predicted molar refractivity (Wildman–Crippen MR) is 119 cm³/mol. The Balaban J connectivity index is 1.62. The second-order valence-corrected chi connectivity index (χ2v) is 7.68. The lowest BCUT2D eigenvalue weighted by Crippen LogP contribution is -2.37. The second kappa shape index (κ2) is 9.26. The maximum Gasteiger partial charge on any atom is 0.261 e. The number of amides is 1. The molecule has 2 aromatic carbocycles. The first-order valence-electron chi connectivity index (χ1n) is 9.30. The van der Waals surface area contributed by atoms with Gasteiger partial charge < -0.3 is 15.0 Å². The van der Waals surface area contributed by atoms with Gasteiger partial charge in [0.1, 0.15) is 5.75 Å². The van der Waals surface area contributed by atoms with Gasteiger partial charge in [0, 0.05) is 29.0 Å². The van der Waals surface area contributed by atoms with E-state index in [1.807, 2.05) is 12.1 Å². The first-order valence-corrected chi connectivity index (χ1v) is 10.1. The van der Waals surface area contributed by atoms with E-state index in [9.17, 15) is 4.79 Å². The fourth-order valence-corrected chi connectivity index (χ4v) is 3.79. The van der Waals surface area contributed by atoms with Gasteiger partial charge in [0.2, 0.25) is 0 Å². The van der Waals surface area contributed by atoms with Crippen molar-refractivity contribution in [3.8, 4) is 5.75 Å². The fourth-order valence-electron chi connectivity index (χ4n) is 3.41. The van der Waals surface area contributed by atoms with Gasteiger partial charge in [-0.2, -0.15) is 0 Å². The normalized spacial score (nSPS) is 16.4. The number of halogens is 1. The number of hydrogen-bond donors (Lipinski definition) is 2. The van der Waals surface area contributed by atoms with Crippen LogP contribution < -0.4 is 20.3 Å². The smallest absolute Gasteiger partial charge is 0.261 e. The van der Waals surface area contributed by atoms with Crippen molar-refractivity contribution in [2.75, 3.05) is 23.9 Å². The molecule has 0 bridgehead atoms. The van der Waals surface area contributed by atoms with Gasteiger partial charge in [-0.15, -0.1) is 0 Å². The molecule has 0 spiro atoms. The third-order valence-corrected chi connectivity index (χ3v) is 5.33. The van der Waals surface area contributed by atoms with Crippen molar-refractivity contribution in [1.82, 2.24) is 5.32 Å². The van der Waals surface area contributed by atoms with Crippen LogP contribution in [0.15, 0.2) is 42.5 Å². The quantitative estimate of drug-likeness (QED) is 0.696. The van der Waals surface area contributed by atoms with E-state index in [1.165, 1.54) is 32.1 Å². The van der Waals surface area contributed by atoms with E-state index in [4.69, 9.17) is 28.6 Å². The Labute approximate surface area is 176 Å². The number of nitrogens with one attached hydrogen (secondary N) is 2. The minimum absolute atomic E-state index is 0.214. The molecule has 1 saturated heterocycles. The summed E-state index contributed by atoms with van der Waals surface area (Å²) in [5, 5.41) is 6.37. The minimum Gasteiger partial charge on any atom is -0.496 e. The molecule has 0 radical (unpaired) electrons. The summed E-state index contributed by atoms with van der Waals surface area (Å²) in [6, 6.07) is 13.5. The number of rotatable bonds is 4. The van der Waals surface area contributed by atoms with Crippen molar-refractivity contribution in [3.05, 3.63) is 53.1 Å². The highest BCUT2D eigenvalue weighted by molar-refractivity contribution is 7.80. The predicted octanol–water partition coefficient (Wildman–Crippen LogP) is 4.85. The average molecular weight is 418 g/mol. The van der Waals surface area contributed by atoms with Crippen LogP contribution in [0.25, 0.3) is 0 Å². The molecule has 0 saturated carbocycles. The van der Waals surface area contributed by atoms with Crippen LogP contribution in [0.1, 0.15) is 36.5 Å². The van der Waals surface area contributed by atoms with Crippen molar-refractivity contribution in [2.24, 2.45) is 0 Å². The monoisotopic (exact) mass is 417 g/mol. The average Bonchev–Trinajstić information content (AvgIpc) is 2.69. The van der Waals surface area contributed by atoms with Crippen LogP contribution in [0.4, 0.5) is 11.4 Å². The van der Waals surface area contributed by atoms with E-state index in [-0.39, 0.29) is 11.0 Å². The molecule has 2 aromatic rings. The lowest BCUT2D eigenvalue weighted by Gasteiger charge is -2.35. The van der Waals surface area contributed by atoms with Crippen LogP contribution in [0.5, 0.6) is 5.75 Å². The first-order chi connectivity index (χ1) is 13.5. The number of ether oxygens (including phenoxy) is 1. The summed E-state index contributed by atoms with van der Waals surface area (Å²) < 4.78 is 5.21. The number of carbonyl (C=O) groups excluding carboxylic acids is 1. The number of thiocarbonyl (C=S) groups is 1. The second-order valence-electron chi connectivity index (χ2n) is 6.84. The zero-order valence-electron chi connectivity index (χ0n) is 16.0. The van der Waals surface area contributed by atoms with Crippen molar-refractivity contribution in [3.63, 3.8) is 0 Å². The molecular weight excluding hydrogens is 394 g/mol. The first kappa shape index (κ1) is 20.4. The largest absolute Gasteiger partial charge is 0.496 e. The molecule has 5 nitrogen and oxygen atoms in total. The van der Waals surface area contributed by atoms with Crippen LogP contribution in [0.3, 0.4) is 0 Å². The summed E-state index contributed by atoms with van der Waals surface area (Å²) in [7, 11) is 1.50. The Bertz CT molecular complexity index is 857. The molecule has 1 atom stereocenters. The van der Waals surface area contributed by atoms with Crippen LogP contribution in [-0.4, -0.2) is 30.7 Å². The van der Waals surface area contributed by atoms with Crippen molar-refractivity contribution in [2.45, 2.75) is 32.2 Å². The van der Waals surface area contributed by atoms with Crippen LogP contribution >= 0.6 is 23.8 Å². The molecule has 2 N–H and O–H groups in total. The lowest BCUT2D eigenvalue weighted by molar-refractivity contribution is 0.0975. The Kier molecular flexibility index (Phi) is 6.75. The molecule has 1 fully saturated rings. The van der Waals surface area contributed by atoms with Gasteiger partial charge in [-0.05, 0) is 80.9 Å². The number of anilines is 2. The minimum atomic E-state index is -0.379. The Hall–Kier alpha value is -2.31. The number of nitrogens with zero attached hydrogens (tertiary/aromatic N) is 1. The van der Waals surface area contributed by atoms with E-state index in [0.717, 1.165) is 12.2 Å². The number of benzene rings is 2. The Morgan fingerprint density at radius 1 is 1.21 bits per heavy atom. The fraction of sp³-hybridized carbons (Fsp3) is 0.333. The number of methoxy groups -OCH3 is 1. The van der Waals surface area contributed by atoms with Crippen molar-refractivity contribution in [1.29, 1.82) is 0 Å². The molecule has 1 aliphatic rings. The molecule has 148 valence electrons. The zero-order chi connectivity index (χ0) is 20.1. The van der Waals surface area contributed by atoms with Gasteiger partial charge >= 0.3 is 0 Å². The summed E-state index contributed by atoms with van der Waals surface area (Å²) in [6.07, 6.45) is 3.75. The summed E-state index contributed by atoms with van der Waals surface area (Å²) in [5.74, 6) is 0.0558. The van der Waals surface area contributed by atoms with E-state index in [1.54, 1.807) is 18.2 Å². The summed E-state index contributed by atoms with van der Waals surface area (Å²) in [6.45, 7) is 3.35. The lowest BCUT2D eigenvalue weighted by atomic mass is 10.0. The standard InChI is InChI=1S/C21H24ClN3O2S/c1-14-5-3-4-12-25(14)17-9-7-16(8-10-17)23-21(28)24-20(26)18-13-15(22)6-11-19(18)27-2/h6-11,13-14H,3-5,12H2,1-2H3,(H2,23,24,26,28)/t14-/m1/s1. The van der Waals surface area contributed by atoms with Crippen molar-refractivity contribution >= 4 is 46.2 Å². The van der Waals surface area contributed by atoms with Crippen LogP contribution in [0.2, 0.25) is 5.02 Å². The van der Waals surface area contributed by atoms with Gasteiger partial charge in [0.15, 0.2) is 5.11 Å². The third-order valence-electron chi connectivity index (χ3n) is 4.89. The van der Waals surface area contributed by atoms with E-state index < -0.39 is 0 Å². The topological polar surface area (TPSA) is 53.6 Å². The maximum absolute atomic E-state index is 12.5. The molecule has 0 aliphatic carbocycles. The Morgan fingerprint density at radius 2 is 1.96 bits per heavy atom. The molecular formula is C21H24ClN3O2S. The number of carbonyl (C=O) groups is 1. The maximum atomic E-state index is 12.5. The molecule has 3 rings (SSSR count). The molecule has 28 heavy (non-hydrogen) atoms. The SMILES string of the molecule is COc1ccc(Cl)cc1C(=O)NC(=S)Nc1ccc(N2CCCC[C@H]2C)cc1. The third kappa shape index (κ3) is 4.94. The summed E-state index contributed by atoms with van der Waals surface area (Å²) in [5.41, 5.74) is 2.35. The van der Waals surface area contributed by atoms with Gasteiger partial charge in [-0.3, -0.25) is 10.1 Å².